The molecule has 2 heterocycles. The Kier molecular flexibility index (Phi) is 4.16. The van der Waals surface area contributed by atoms with E-state index in [-0.39, 0.29) is 6.04 Å². The highest BCUT2D eigenvalue weighted by Crippen LogP contribution is 2.26. The number of nitrogens with zero attached hydrogens (tertiary/aromatic N) is 3. The van der Waals surface area contributed by atoms with E-state index in [9.17, 15) is 0 Å². The summed E-state index contributed by atoms with van der Waals surface area (Å²) in [4.78, 5) is 8.39. The Morgan fingerprint density at radius 1 is 1.32 bits per heavy atom. The van der Waals surface area contributed by atoms with Crippen molar-refractivity contribution in [1.82, 2.24) is 14.5 Å². The van der Waals surface area contributed by atoms with Gasteiger partial charge in [-0.25, -0.2) is 9.97 Å². The highest BCUT2D eigenvalue weighted by atomic mass is 16.5. The van der Waals surface area contributed by atoms with Gasteiger partial charge in [0.1, 0.15) is 5.82 Å². The zero-order valence-electron chi connectivity index (χ0n) is 11.6. The highest BCUT2D eigenvalue weighted by molar-refractivity contribution is 5.59. The van der Waals surface area contributed by atoms with E-state index in [0.717, 1.165) is 11.3 Å². The fraction of sp³-hybridized carbons (Fsp3) is 0.429. The summed E-state index contributed by atoms with van der Waals surface area (Å²) in [5.41, 5.74) is 7.66. The molecule has 0 saturated carbocycles. The second-order valence-corrected chi connectivity index (χ2v) is 4.92. The number of aromatic nitrogens is 3. The molecule has 0 saturated heterocycles. The van der Waals surface area contributed by atoms with Crippen molar-refractivity contribution in [1.29, 1.82) is 0 Å². The first-order valence-corrected chi connectivity index (χ1v) is 6.36. The molecule has 2 aromatic rings. The van der Waals surface area contributed by atoms with E-state index in [4.69, 9.17) is 10.5 Å². The molecular formula is C14H20N4O. The number of pyridine rings is 1. The van der Waals surface area contributed by atoms with Gasteiger partial charge in [-0.2, -0.15) is 0 Å². The lowest BCUT2D eigenvalue weighted by Crippen LogP contribution is -2.20. The van der Waals surface area contributed by atoms with Gasteiger partial charge in [-0.1, -0.05) is 13.8 Å². The number of imidazole rings is 1. The molecule has 0 radical (unpaired) electrons. The zero-order chi connectivity index (χ0) is 13.8. The normalized spacial score (nSPS) is 12.8. The van der Waals surface area contributed by atoms with E-state index in [1.54, 1.807) is 19.4 Å². The number of hydrogen-bond donors (Lipinski definition) is 1. The summed E-state index contributed by atoms with van der Waals surface area (Å²) in [6.07, 6.45) is 5.46. The molecule has 2 rings (SSSR count). The predicted octanol–water partition coefficient (Wildman–Crippen LogP) is 2.37. The van der Waals surface area contributed by atoms with Crippen LogP contribution in [0, 0.1) is 5.92 Å². The smallest absolute Gasteiger partial charge is 0.123 e. The topological polar surface area (TPSA) is 66.0 Å². The number of nitrogens with two attached hydrogens (primary N) is 1. The summed E-state index contributed by atoms with van der Waals surface area (Å²) >= 11 is 0. The molecule has 0 aromatic carbocycles. The Balaban J connectivity index is 2.38. The van der Waals surface area contributed by atoms with Gasteiger partial charge in [-0.05, 0) is 18.1 Å². The minimum absolute atomic E-state index is 0.250. The standard InChI is InChI=1S/C14H20N4O/c1-10(2)13(8-19-3)18-9-16-7-12(18)11-4-5-14(15)17-6-11/h4-7,9-10,13H,8H2,1-3H3,(H2,15,17). The van der Waals surface area contributed by atoms with Crippen LogP contribution in [0.5, 0.6) is 0 Å². The van der Waals surface area contributed by atoms with E-state index in [1.807, 2.05) is 18.6 Å². The number of methoxy groups -OCH3 is 1. The Hall–Kier alpha value is -1.88. The van der Waals surface area contributed by atoms with Crippen LogP contribution in [0.2, 0.25) is 0 Å². The summed E-state index contributed by atoms with van der Waals surface area (Å²) in [5.74, 6) is 0.974. The number of ether oxygens (including phenoxy) is 1. The highest BCUT2D eigenvalue weighted by Gasteiger charge is 2.18. The third-order valence-electron chi connectivity index (χ3n) is 3.21. The van der Waals surface area contributed by atoms with E-state index < -0.39 is 0 Å². The van der Waals surface area contributed by atoms with Crippen molar-refractivity contribution in [2.75, 3.05) is 19.5 Å². The summed E-state index contributed by atoms with van der Waals surface area (Å²) in [6.45, 7) is 5.01. The van der Waals surface area contributed by atoms with Crippen LogP contribution in [0.3, 0.4) is 0 Å². The molecule has 0 amide bonds. The Labute approximate surface area is 113 Å². The maximum atomic E-state index is 5.62. The van der Waals surface area contributed by atoms with Crippen molar-refractivity contribution in [3.63, 3.8) is 0 Å². The SMILES string of the molecule is COCC(C(C)C)n1cncc1-c1ccc(N)nc1. The maximum Gasteiger partial charge on any atom is 0.123 e. The van der Waals surface area contributed by atoms with Gasteiger partial charge in [0.2, 0.25) is 0 Å². The molecule has 0 aliphatic heterocycles. The quantitative estimate of drug-likeness (QED) is 0.896. The maximum absolute atomic E-state index is 5.62. The van der Waals surface area contributed by atoms with Gasteiger partial charge in [-0.15, -0.1) is 0 Å². The van der Waals surface area contributed by atoms with Crippen molar-refractivity contribution in [3.05, 3.63) is 30.9 Å². The van der Waals surface area contributed by atoms with Crippen LogP contribution < -0.4 is 5.73 Å². The van der Waals surface area contributed by atoms with Gasteiger partial charge in [0.05, 0.1) is 30.9 Å². The largest absolute Gasteiger partial charge is 0.384 e. The number of hydrogen-bond acceptors (Lipinski definition) is 4. The number of nitrogen functional groups attached to an aromatic ring is 1. The first-order valence-electron chi connectivity index (χ1n) is 6.36. The molecule has 19 heavy (non-hydrogen) atoms. The average molecular weight is 260 g/mol. The summed E-state index contributed by atoms with van der Waals surface area (Å²) < 4.78 is 7.46. The molecule has 2 aromatic heterocycles. The molecule has 0 spiro atoms. The molecule has 0 aliphatic rings. The third-order valence-corrected chi connectivity index (χ3v) is 3.21. The second-order valence-electron chi connectivity index (χ2n) is 4.92. The van der Waals surface area contributed by atoms with Crippen LogP contribution in [0.25, 0.3) is 11.3 Å². The number of anilines is 1. The van der Waals surface area contributed by atoms with Crippen molar-refractivity contribution in [2.45, 2.75) is 19.9 Å². The first-order chi connectivity index (χ1) is 9.13. The second kappa shape index (κ2) is 5.84. The van der Waals surface area contributed by atoms with Crippen molar-refractivity contribution < 1.29 is 4.74 Å². The summed E-state index contributed by atoms with van der Waals surface area (Å²) in [7, 11) is 1.72. The van der Waals surface area contributed by atoms with Crippen molar-refractivity contribution in [3.8, 4) is 11.3 Å². The van der Waals surface area contributed by atoms with Gasteiger partial charge < -0.3 is 15.0 Å². The lowest BCUT2D eigenvalue weighted by molar-refractivity contribution is 0.134. The average Bonchev–Trinajstić information content (AvgIpc) is 2.85. The van der Waals surface area contributed by atoms with Gasteiger partial charge >= 0.3 is 0 Å². The van der Waals surface area contributed by atoms with Crippen LogP contribution >= 0.6 is 0 Å². The summed E-state index contributed by atoms with van der Waals surface area (Å²) in [6, 6.07) is 4.01. The fourth-order valence-corrected chi connectivity index (χ4v) is 2.11. The molecule has 5 heteroatoms. The van der Waals surface area contributed by atoms with E-state index in [1.165, 1.54) is 0 Å². The van der Waals surface area contributed by atoms with Gasteiger partial charge in [0.15, 0.2) is 0 Å². The van der Waals surface area contributed by atoms with Crippen LogP contribution in [-0.2, 0) is 4.74 Å². The molecule has 0 fully saturated rings. The van der Waals surface area contributed by atoms with E-state index >= 15 is 0 Å². The number of rotatable bonds is 5. The molecule has 2 N–H and O–H groups in total. The first kappa shape index (κ1) is 13.5. The molecule has 102 valence electrons. The van der Waals surface area contributed by atoms with Gasteiger partial charge in [-0.3, -0.25) is 0 Å². The zero-order valence-corrected chi connectivity index (χ0v) is 11.6. The van der Waals surface area contributed by atoms with E-state index in [2.05, 4.69) is 28.4 Å². The van der Waals surface area contributed by atoms with Crippen LogP contribution in [-0.4, -0.2) is 28.3 Å². The van der Waals surface area contributed by atoms with Crippen molar-refractivity contribution in [2.24, 2.45) is 5.92 Å². The third kappa shape index (κ3) is 2.93. The molecule has 1 unspecified atom stereocenters. The van der Waals surface area contributed by atoms with E-state index in [0.29, 0.717) is 18.3 Å². The Morgan fingerprint density at radius 3 is 2.68 bits per heavy atom. The van der Waals surface area contributed by atoms with Gasteiger partial charge in [0, 0.05) is 18.9 Å². The summed E-state index contributed by atoms with van der Waals surface area (Å²) in [5, 5.41) is 0. The van der Waals surface area contributed by atoms with Crippen LogP contribution in [0.4, 0.5) is 5.82 Å². The molecule has 5 nitrogen and oxygen atoms in total. The Bertz CT molecular complexity index is 518. The fourth-order valence-electron chi connectivity index (χ4n) is 2.11. The van der Waals surface area contributed by atoms with Crippen LogP contribution in [0.1, 0.15) is 19.9 Å². The lowest BCUT2D eigenvalue weighted by Gasteiger charge is -2.23. The molecule has 0 bridgehead atoms. The Morgan fingerprint density at radius 2 is 2.11 bits per heavy atom. The van der Waals surface area contributed by atoms with Crippen LogP contribution in [0.15, 0.2) is 30.9 Å². The van der Waals surface area contributed by atoms with Gasteiger partial charge in [0.25, 0.3) is 0 Å². The predicted molar refractivity (Wildman–Crippen MR) is 75.6 cm³/mol. The molecule has 1 atom stereocenters. The lowest BCUT2D eigenvalue weighted by atomic mass is 10.0. The minimum atomic E-state index is 0.250. The van der Waals surface area contributed by atoms with Crippen molar-refractivity contribution >= 4 is 5.82 Å². The minimum Gasteiger partial charge on any atom is -0.384 e. The monoisotopic (exact) mass is 260 g/mol. The molecular weight excluding hydrogens is 240 g/mol. The molecule has 0 aliphatic carbocycles.